The molecule has 3 aromatic rings. The Morgan fingerprint density at radius 3 is 2.45 bits per heavy atom. The number of nitrogens with zero attached hydrogens (tertiary/aromatic N) is 3. The summed E-state index contributed by atoms with van der Waals surface area (Å²) in [4.78, 5) is 16.7. The van der Waals surface area contributed by atoms with Crippen LogP contribution in [0, 0.1) is 0 Å². The molecule has 162 valence electrons. The summed E-state index contributed by atoms with van der Waals surface area (Å²) in [7, 11) is 2.89. The van der Waals surface area contributed by atoms with Crippen molar-refractivity contribution in [3.05, 3.63) is 51.6 Å². The molecule has 0 saturated heterocycles. The summed E-state index contributed by atoms with van der Waals surface area (Å²) in [6.45, 7) is 2.47. The van der Waals surface area contributed by atoms with Crippen molar-refractivity contribution in [1.29, 1.82) is 0 Å². The van der Waals surface area contributed by atoms with Crippen molar-refractivity contribution in [2.75, 3.05) is 20.8 Å². The molecule has 0 saturated carbocycles. The van der Waals surface area contributed by atoms with E-state index in [-0.39, 0.29) is 28.6 Å². The molecule has 3 rings (SSSR count). The third-order valence-corrected chi connectivity index (χ3v) is 5.21. The van der Waals surface area contributed by atoms with Crippen LogP contribution in [0.4, 0.5) is 0 Å². The van der Waals surface area contributed by atoms with Crippen molar-refractivity contribution in [2.24, 2.45) is 15.8 Å². The largest absolute Gasteiger partial charge is 0.507 e. The Morgan fingerprint density at radius 2 is 1.87 bits per heavy atom. The molecule has 0 unspecified atom stereocenters. The number of thiazole rings is 1. The number of aromatic hydroxyl groups is 2. The van der Waals surface area contributed by atoms with E-state index in [2.05, 4.69) is 10.1 Å². The Balaban J connectivity index is 2.13. The predicted octanol–water partition coefficient (Wildman–Crippen LogP) is 2.55. The minimum absolute atomic E-state index is 0.0150. The first-order valence-electron chi connectivity index (χ1n) is 9.23. The summed E-state index contributed by atoms with van der Waals surface area (Å²) in [5.41, 5.74) is 7.30. The Kier molecular flexibility index (Phi) is 6.61. The lowest BCUT2D eigenvalue weighted by Crippen LogP contribution is -2.13. The molecule has 1 heterocycles. The molecule has 1 amide bonds. The highest BCUT2D eigenvalue weighted by Gasteiger charge is 2.14. The van der Waals surface area contributed by atoms with Crippen molar-refractivity contribution in [2.45, 2.75) is 6.92 Å². The molecule has 0 aliphatic carbocycles. The molecule has 0 radical (unpaired) electrons. The molecule has 10 heteroatoms. The number of methoxy groups -OCH3 is 2. The summed E-state index contributed by atoms with van der Waals surface area (Å²) in [5.74, 6) is -0.524. The highest BCUT2D eigenvalue weighted by atomic mass is 32.1. The van der Waals surface area contributed by atoms with E-state index in [0.717, 1.165) is 0 Å². The van der Waals surface area contributed by atoms with Crippen molar-refractivity contribution in [1.82, 2.24) is 4.68 Å². The number of carbonyl (C=O) groups is 1. The van der Waals surface area contributed by atoms with Crippen LogP contribution in [0.25, 0.3) is 11.3 Å². The fourth-order valence-electron chi connectivity index (χ4n) is 2.86. The third-order valence-electron chi connectivity index (χ3n) is 4.36. The lowest BCUT2D eigenvalue weighted by atomic mass is 10.1. The van der Waals surface area contributed by atoms with Crippen LogP contribution in [0.1, 0.15) is 22.8 Å². The van der Waals surface area contributed by atoms with Crippen molar-refractivity contribution >= 4 is 23.5 Å². The van der Waals surface area contributed by atoms with Crippen LogP contribution in [0.2, 0.25) is 0 Å². The third kappa shape index (κ3) is 4.53. The molecule has 0 atom stereocenters. The summed E-state index contributed by atoms with van der Waals surface area (Å²) in [6, 6.07) is 7.83. The minimum atomic E-state index is -0.730. The zero-order chi connectivity index (χ0) is 22.5. The van der Waals surface area contributed by atoms with Crippen molar-refractivity contribution in [3.8, 4) is 34.3 Å². The van der Waals surface area contributed by atoms with Gasteiger partial charge in [0.1, 0.15) is 5.75 Å². The average molecular weight is 442 g/mol. The van der Waals surface area contributed by atoms with Gasteiger partial charge in [0, 0.05) is 23.1 Å². The number of ether oxygens (including phenoxy) is 2. The van der Waals surface area contributed by atoms with Crippen LogP contribution in [0.15, 0.2) is 45.8 Å². The number of nitrogens with two attached hydrogens (primary N) is 1. The molecule has 31 heavy (non-hydrogen) atoms. The number of hydrogen-bond donors (Lipinski definition) is 3. The Bertz CT molecular complexity index is 1190. The Morgan fingerprint density at radius 1 is 1.19 bits per heavy atom. The van der Waals surface area contributed by atoms with Gasteiger partial charge in [-0.25, -0.2) is 4.68 Å². The molecule has 2 aromatic carbocycles. The van der Waals surface area contributed by atoms with Crippen molar-refractivity contribution < 1.29 is 24.5 Å². The van der Waals surface area contributed by atoms with Gasteiger partial charge in [-0.15, -0.1) is 11.3 Å². The highest BCUT2D eigenvalue weighted by Crippen LogP contribution is 2.36. The second-order valence-corrected chi connectivity index (χ2v) is 7.14. The van der Waals surface area contributed by atoms with E-state index in [1.807, 2.05) is 12.3 Å². The van der Waals surface area contributed by atoms with E-state index in [1.165, 1.54) is 37.7 Å². The first kappa shape index (κ1) is 21.9. The summed E-state index contributed by atoms with van der Waals surface area (Å²) < 4.78 is 12.0. The number of hydrogen-bond acceptors (Lipinski definition) is 8. The van der Waals surface area contributed by atoms with Crippen LogP contribution in [0.5, 0.6) is 23.0 Å². The lowest BCUT2D eigenvalue weighted by molar-refractivity contribution is 0.0998. The fourth-order valence-corrected chi connectivity index (χ4v) is 3.76. The molecular weight excluding hydrogens is 420 g/mol. The van der Waals surface area contributed by atoms with E-state index < -0.39 is 5.91 Å². The van der Waals surface area contributed by atoms with Crippen molar-refractivity contribution in [3.63, 3.8) is 0 Å². The van der Waals surface area contributed by atoms with Crippen LogP contribution in [-0.2, 0) is 0 Å². The Labute approximate surface area is 182 Å². The highest BCUT2D eigenvalue weighted by molar-refractivity contribution is 7.07. The lowest BCUT2D eigenvalue weighted by Gasteiger charge is -2.09. The summed E-state index contributed by atoms with van der Waals surface area (Å²) in [6.07, 6.45) is 1.57. The summed E-state index contributed by atoms with van der Waals surface area (Å²) >= 11 is 1.38. The van der Waals surface area contributed by atoms with Gasteiger partial charge in [0.15, 0.2) is 11.5 Å². The number of aromatic nitrogens is 1. The molecule has 1 aromatic heterocycles. The van der Waals surface area contributed by atoms with Gasteiger partial charge in [-0.2, -0.15) is 5.10 Å². The van der Waals surface area contributed by atoms with Crippen LogP contribution in [0.3, 0.4) is 0 Å². The van der Waals surface area contributed by atoms with E-state index in [9.17, 15) is 15.0 Å². The molecule has 0 aliphatic heterocycles. The second-order valence-electron chi connectivity index (χ2n) is 6.30. The van der Waals surface area contributed by atoms with Gasteiger partial charge >= 0.3 is 0 Å². The minimum Gasteiger partial charge on any atom is -0.507 e. The van der Waals surface area contributed by atoms with Gasteiger partial charge < -0.3 is 25.4 Å². The topological polar surface area (TPSA) is 132 Å². The molecule has 0 bridgehead atoms. The number of benzene rings is 2. The maximum Gasteiger partial charge on any atom is 0.252 e. The maximum absolute atomic E-state index is 11.6. The van der Waals surface area contributed by atoms with E-state index >= 15 is 0 Å². The maximum atomic E-state index is 11.6. The number of phenolic OH excluding ortho intramolecular Hbond substituents is 1. The number of phenols is 2. The molecular formula is C21H22N4O5S. The quantitative estimate of drug-likeness (QED) is 0.484. The predicted molar refractivity (Wildman–Crippen MR) is 118 cm³/mol. The molecule has 0 fully saturated rings. The fraction of sp³-hybridized carbons (Fsp3) is 0.190. The molecule has 0 aliphatic rings. The first-order chi connectivity index (χ1) is 14.9. The van der Waals surface area contributed by atoms with Gasteiger partial charge in [-0.1, -0.05) is 0 Å². The van der Waals surface area contributed by atoms with Gasteiger partial charge in [0.05, 0.1) is 31.7 Å². The zero-order valence-corrected chi connectivity index (χ0v) is 18.0. The normalized spacial score (nSPS) is 11.8. The molecule has 0 spiro atoms. The Hall–Kier alpha value is -3.79. The van der Waals surface area contributed by atoms with E-state index in [0.29, 0.717) is 28.2 Å². The van der Waals surface area contributed by atoms with Crippen LogP contribution < -0.4 is 20.0 Å². The van der Waals surface area contributed by atoms with Crippen LogP contribution in [-0.4, -0.2) is 47.8 Å². The number of carbonyl (C=O) groups excluding carboxylic acids is 1. The van der Waals surface area contributed by atoms with Gasteiger partial charge in [-0.3, -0.25) is 9.79 Å². The molecule has 4 N–H and O–H groups in total. The van der Waals surface area contributed by atoms with Gasteiger partial charge in [0.2, 0.25) is 10.6 Å². The van der Waals surface area contributed by atoms with Gasteiger partial charge in [-0.05, 0) is 37.3 Å². The van der Waals surface area contributed by atoms with E-state index in [1.54, 1.807) is 29.1 Å². The zero-order valence-electron chi connectivity index (χ0n) is 17.2. The summed E-state index contributed by atoms with van der Waals surface area (Å²) in [5, 5.41) is 26.4. The first-order valence-corrected chi connectivity index (χ1v) is 10.1. The number of amides is 1. The number of primary amides is 1. The average Bonchev–Trinajstić information content (AvgIpc) is 3.15. The smallest absolute Gasteiger partial charge is 0.252 e. The van der Waals surface area contributed by atoms with Crippen LogP contribution >= 0.6 is 11.3 Å². The second kappa shape index (κ2) is 9.35. The SMILES string of the molecule is CCN=c1scc(-c2ccc(O)c(C(N)=O)c2)n1/N=C/c1cc(OC)c(O)c(OC)c1. The van der Waals surface area contributed by atoms with E-state index in [4.69, 9.17) is 15.2 Å². The molecule has 9 nitrogen and oxygen atoms in total. The monoisotopic (exact) mass is 442 g/mol. The van der Waals surface area contributed by atoms with Gasteiger partial charge in [0.25, 0.3) is 5.91 Å². The standard InChI is InChI=1S/C21H22N4O5S/c1-4-23-21-25(24-10-12-7-17(29-2)19(27)18(8-12)30-3)15(11-31-21)13-5-6-16(26)14(9-13)20(22)28/h5-11,26-27H,4H2,1-3H3,(H2,22,28)/b23-21?,24-10+. The number of rotatable bonds is 7.